The van der Waals surface area contributed by atoms with E-state index in [1.807, 2.05) is 0 Å². The van der Waals surface area contributed by atoms with Crippen molar-refractivity contribution in [3.63, 3.8) is 0 Å². The number of nitrogens with two attached hydrogens (primary N) is 1. The summed E-state index contributed by atoms with van der Waals surface area (Å²) in [5, 5.41) is 0. The lowest BCUT2D eigenvalue weighted by Gasteiger charge is -2.45. The normalized spacial score (nSPS) is 20.2. The molecule has 1 unspecified atom stereocenters. The number of hydrogen-bond donors (Lipinski definition) is 1. The number of hydrogen-bond acceptors (Lipinski definition) is 2. The van der Waals surface area contributed by atoms with Crippen LogP contribution in [0, 0.1) is 0 Å². The van der Waals surface area contributed by atoms with E-state index in [-0.39, 0.29) is 11.6 Å². The average molecular weight is 219 g/mol. The molecule has 0 heterocycles. The van der Waals surface area contributed by atoms with Crippen LogP contribution in [0.25, 0.3) is 0 Å². The van der Waals surface area contributed by atoms with Crippen LogP contribution in [0.1, 0.15) is 43.4 Å². The average Bonchev–Trinajstić information content (AvgIpc) is 2.28. The van der Waals surface area contributed by atoms with Crippen LogP contribution < -0.4 is 5.73 Å². The fourth-order valence-electron chi connectivity index (χ4n) is 2.43. The van der Waals surface area contributed by atoms with Gasteiger partial charge in [0.05, 0.1) is 11.6 Å². The minimum atomic E-state index is -0.103. The van der Waals surface area contributed by atoms with E-state index in [2.05, 4.69) is 31.2 Å². The van der Waals surface area contributed by atoms with Crippen molar-refractivity contribution in [1.82, 2.24) is 0 Å². The molecule has 2 rings (SSSR count). The fraction of sp³-hybridized carbons (Fsp3) is 0.571. The number of aryl methyl sites for hydroxylation is 1. The molecule has 0 aromatic heterocycles. The van der Waals surface area contributed by atoms with E-state index in [0.29, 0.717) is 0 Å². The van der Waals surface area contributed by atoms with Gasteiger partial charge < -0.3 is 10.5 Å². The van der Waals surface area contributed by atoms with E-state index >= 15 is 0 Å². The zero-order chi connectivity index (χ0) is 11.6. The number of methoxy groups -OCH3 is 1. The highest BCUT2D eigenvalue weighted by atomic mass is 16.5. The lowest BCUT2D eigenvalue weighted by atomic mass is 9.72. The molecule has 1 fully saturated rings. The van der Waals surface area contributed by atoms with E-state index in [0.717, 1.165) is 19.3 Å². The van der Waals surface area contributed by atoms with Crippen LogP contribution in [0.4, 0.5) is 0 Å². The Hall–Kier alpha value is -0.860. The molecule has 1 aromatic rings. The van der Waals surface area contributed by atoms with Crippen molar-refractivity contribution in [1.29, 1.82) is 0 Å². The maximum atomic E-state index is 6.31. The second-order valence-corrected chi connectivity index (χ2v) is 4.70. The van der Waals surface area contributed by atoms with Gasteiger partial charge in [0.15, 0.2) is 0 Å². The van der Waals surface area contributed by atoms with Crippen LogP contribution >= 0.6 is 0 Å². The smallest absolute Gasteiger partial charge is 0.0870 e. The minimum Gasteiger partial charge on any atom is -0.376 e. The van der Waals surface area contributed by atoms with Gasteiger partial charge in [0.2, 0.25) is 0 Å². The SMILES string of the molecule is CCc1ccc(C(N)C2(OC)CCC2)cc1. The lowest BCUT2D eigenvalue weighted by Crippen LogP contribution is -2.48. The van der Waals surface area contributed by atoms with Gasteiger partial charge >= 0.3 is 0 Å². The van der Waals surface area contributed by atoms with Crippen LogP contribution in [0.15, 0.2) is 24.3 Å². The standard InChI is InChI=1S/C14H21NO/c1-3-11-5-7-12(8-6-11)13(15)14(16-2)9-4-10-14/h5-8,13H,3-4,9-10,15H2,1-2H3. The van der Waals surface area contributed by atoms with Crippen molar-refractivity contribution in [3.8, 4) is 0 Å². The van der Waals surface area contributed by atoms with Gasteiger partial charge in [0, 0.05) is 7.11 Å². The molecule has 0 radical (unpaired) electrons. The van der Waals surface area contributed by atoms with Gasteiger partial charge in [0.1, 0.15) is 0 Å². The lowest BCUT2D eigenvalue weighted by molar-refractivity contribution is -0.0911. The Balaban J connectivity index is 2.16. The predicted molar refractivity (Wildman–Crippen MR) is 66.3 cm³/mol. The Morgan fingerprint density at radius 1 is 1.31 bits per heavy atom. The first-order valence-corrected chi connectivity index (χ1v) is 6.11. The van der Waals surface area contributed by atoms with E-state index in [1.54, 1.807) is 7.11 Å². The van der Waals surface area contributed by atoms with Crippen molar-refractivity contribution in [3.05, 3.63) is 35.4 Å². The Morgan fingerprint density at radius 2 is 1.94 bits per heavy atom. The zero-order valence-corrected chi connectivity index (χ0v) is 10.2. The summed E-state index contributed by atoms with van der Waals surface area (Å²) >= 11 is 0. The first-order chi connectivity index (χ1) is 7.72. The summed E-state index contributed by atoms with van der Waals surface area (Å²) in [6.07, 6.45) is 4.47. The Bertz CT molecular complexity index is 335. The van der Waals surface area contributed by atoms with Crippen LogP contribution in [0.2, 0.25) is 0 Å². The summed E-state index contributed by atoms with van der Waals surface area (Å²) < 4.78 is 5.62. The summed E-state index contributed by atoms with van der Waals surface area (Å²) in [4.78, 5) is 0. The van der Waals surface area contributed by atoms with E-state index < -0.39 is 0 Å². The molecule has 1 aliphatic carbocycles. The van der Waals surface area contributed by atoms with Crippen molar-refractivity contribution < 1.29 is 4.74 Å². The van der Waals surface area contributed by atoms with Crippen LogP contribution in [0.3, 0.4) is 0 Å². The summed E-state index contributed by atoms with van der Waals surface area (Å²) in [5.41, 5.74) is 8.76. The number of ether oxygens (including phenoxy) is 1. The van der Waals surface area contributed by atoms with Gasteiger partial charge in [-0.25, -0.2) is 0 Å². The molecule has 0 amide bonds. The largest absolute Gasteiger partial charge is 0.376 e. The first kappa shape index (κ1) is 11.6. The molecule has 1 atom stereocenters. The fourth-order valence-corrected chi connectivity index (χ4v) is 2.43. The van der Waals surface area contributed by atoms with Gasteiger partial charge in [-0.15, -0.1) is 0 Å². The molecule has 88 valence electrons. The first-order valence-electron chi connectivity index (χ1n) is 6.11. The topological polar surface area (TPSA) is 35.2 Å². The molecule has 2 heteroatoms. The molecular weight excluding hydrogens is 198 g/mol. The maximum Gasteiger partial charge on any atom is 0.0870 e. The molecule has 2 N–H and O–H groups in total. The second kappa shape index (κ2) is 4.56. The van der Waals surface area contributed by atoms with Crippen LogP contribution in [-0.4, -0.2) is 12.7 Å². The summed E-state index contributed by atoms with van der Waals surface area (Å²) in [6, 6.07) is 8.62. The van der Waals surface area contributed by atoms with Gasteiger partial charge in [-0.2, -0.15) is 0 Å². The van der Waals surface area contributed by atoms with Gasteiger partial charge in [-0.3, -0.25) is 0 Å². The zero-order valence-electron chi connectivity index (χ0n) is 10.2. The van der Waals surface area contributed by atoms with Crippen molar-refractivity contribution in [2.45, 2.75) is 44.2 Å². The minimum absolute atomic E-state index is 0.0113. The number of benzene rings is 1. The molecule has 2 nitrogen and oxygen atoms in total. The van der Waals surface area contributed by atoms with Crippen LogP contribution in [-0.2, 0) is 11.2 Å². The molecule has 1 aromatic carbocycles. The third-order valence-electron chi connectivity index (χ3n) is 3.92. The van der Waals surface area contributed by atoms with Gasteiger partial charge in [-0.1, -0.05) is 31.2 Å². The van der Waals surface area contributed by atoms with E-state index in [1.165, 1.54) is 17.5 Å². The second-order valence-electron chi connectivity index (χ2n) is 4.70. The molecule has 0 aliphatic heterocycles. The highest BCUT2D eigenvalue weighted by Gasteiger charge is 2.43. The molecule has 0 spiro atoms. The van der Waals surface area contributed by atoms with Gasteiger partial charge in [0.25, 0.3) is 0 Å². The molecule has 0 saturated heterocycles. The summed E-state index contributed by atoms with van der Waals surface area (Å²) in [5.74, 6) is 0. The third-order valence-corrected chi connectivity index (χ3v) is 3.92. The molecule has 1 aliphatic rings. The van der Waals surface area contributed by atoms with Crippen LogP contribution in [0.5, 0.6) is 0 Å². The quantitative estimate of drug-likeness (QED) is 0.845. The molecule has 16 heavy (non-hydrogen) atoms. The highest BCUT2D eigenvalue weighted by Crippen LogP contribution is 2.43. The Labute approximate surface area is 97.8 Å². The summed E-state index contributed by atoms with van der Waals surface area (Å²) in [7, 11) is 1.78. The Morgan fingerprint density at radius 3 is 2.31 bits per heavy atom. The molecule has 0 bridgehead atoms. The summed E-state index contributed by atoms with van der Waals surface area (Å²) in [6.45, 7) is 2.16. The van der Waals surface area contributed by atoms with Gasteiger partial charge in [-0.05, 0) is 36.8 Å². The maximum absolute atomic E-state index is 6.31. The molecule has 1 saturated carbocycles. The predicted octanol–water partition coefficient (Wildman–Crippen LogP) is 2.82. The van der Waals surface area contributed by atoms with Crippen molar-refractivity contribution in [2.75, 3.05) is 7.11 Å². The Kier molecular flexibility index (Phi) is 3.31. The highest BCUT2D eigenvalue weighted by molar-refractivity contribution is 5.27. The number of rotatable bonds is 4. The third kappa shape index (κ3) is 1.87. The monoisotopic (exact) mass is 219 g/mol. The molecular formula is C14H21NO. The van der Waals surface area contributed by atoms with Crippen molar-refractivity contribution >= 4 is 0 Å². The van der Waals surface area contributed by atoms with E-state index in [9.17, 15) is 0 Å². The van der Waals surface area contributed by atoms with Crippen molar-refractivity contribution in [2.24, 2.45) is 5.73 Å². The van der Waals surface area contributed by atoms with E-state index in [4.69, 9.17) is 10.5 Å².